The van der Waals surface area contributed by atoms with Gasteiger partial charge in [0, 0.05) is 31.9 Å². The molecule has 1 unspecified atom stereocenters. The summed E-state index contributed by atoms with van der Waals surface area (Å²) in [7, 11) is 0. The molecule has 0 saturated heterocycles. The number of hydrogen-bond acceptors (Lipinski definition) is 2. The molecule has 118 valence electrons. The summed E-state index contributed by atoms with van der Waals surface area (Å²) in [5.74, 6) is 0.569. The average Bonchev–Trinajstić information content (AvgIpc) is 3.04. The van der Waals surface area contributed by atoms with Gasteiger partial charge in [0.1, 0.15) is 0 Å². The maximum absolute atomic E-state index is 11.9. The Hall–Kier alpha value is -2.10. The lowest BCUT2D eigenvalue weighted by molar-refractivity contribution is -0.121. The zero-order valence-electron chi connectivity index (χ0n) is 13.2. The first-order valence-electron chi connectivity index (χ1n) is 8.00. The third-order valence-corrected chi connectivity index (χ3v) is 3.78. The van der Waals surface area contributed by atoms with Gasteiger partial charge in [-0.05, 0) is 30.7 Å². The first kappa shape index (κ1) is 16.3. The molecule has 1 N–H and O–H groups in total. The molecule has 0 radical (unpaired) electrons. The van der Waals surface area contributed by atoms with Gasteiger partial charge in [-0.2, -0.15) is 0 Å². The Bertz CT molecular complexity index is 537. The van der Waals surface area contributed by atoms with Crippen LogP contribution in [0.2, 0.25) is 0 Å². The number of hydrogen-bond donors (Lipinski definition) is 1. The molecule has 2 rings (SSSR count). The van der Waals surface area contributed by atoms with Crippen LogP contribution in [0.1, 0.15) is 31.7 Å². The lowest BCUT2D eigenvalue weighted by Crippen LogP contribution is -2.26. The van der Waals surface area contributed by atoms with Crippen LogP contribution in [0, 0.1) is 5.92 Å². The van der Waals surface area contributed by atoms with Crippen molar-refractivity contribution in [1.29, 1.82) is 0 Å². The quantitative estimate of drug-likeness (QED) is 0.723. The minimum atomic E-state index is 0.159. The Balaban J connectivity index is 1.56. The summed E-state index contributed by atoms with van der Waals surface area (Å²) in [5.41, 5.74) is 1.34. The molecular formula is C18H25N3O. The molecule has 2 aromatic rings. The van der Waals surface area contributed by atoms with E-state index in [-0.39, 0.29) is 5.91 Å². The number of rotatable bonds is 9. The van der Waals surface area contributed by atoms with Gasteiger partial charge in [0.15, 0.2) is 0 Å². The summed E-state index contributed by atoms with van der Waals surface area (Å²) in [6, 6.07) is 10.4. The zero-order chi connectivity index (χ0) is 15.6. The third kappa shape index (κ3) is 6.12. The van der Waals surface area contributed by atoms with Crippen molar-refractivity contribution >= 4 is 5.91 Å². The normalized spacial score (nSPS) is 12.0. The predicted octanol–water partition coefficient (Wildman–Crippen LogP) is 3.05. The van der Waals surface area contributed by atoms with Crippen LogP contribution >= 0.6 is 0 Å². The van der Waals surface area contributed by atoms with Gasteiger partial charge in [-0.3, -0.25) is 4.79 Å². The SMILES string of the molecule is CC(CCc1ccccc1)CC(=O)NCCCn1ccnc1. The molecule has 0 aliphatic heterocycles. The number of carbonyl (C=O) groups excluding carboxylic acids is 1. The van der Waals surface area contributed by atoms with E-state index in [4.69, 9.17) is 0 Å². The number of nitrogens with one attached hydrogen (secondary N) is 1. The lowest BCUT2D eigenvalue weighted by atomic mass is 9.98. The van der Waals surface area contributed by atoms with E-state index in [1.807, 2.05) is 16.8 Å². The van der Waals surface area contributed by atoms with Gasteiger partial charge >= 0.3 is 0 Å². The van der Waals surface area contributed by atoms with Gasteiger partial charge in [0.25, 0.3) is 0 Å². The summed E-state index contributed by atoms with van der Waals surface area (Å²) in [6.45, 7) is 3.76. The first-order chi connectivity index (χ1) is 10.7. The highest BCUT2D eigenvalue weighted by Gasteiger charge is 2.08. The third-order valence-electron chi connectivity index (χ3n) is 3.78. The van der Waals surface area contributed by atoms with Crippen LogP contribution < -0.4 is 5.32 Å². The standard InChI is InChI=1S/C18H25N3O/c1-16(8-9-17-6-3-2-4-7-17)14-18(22)20-10-5-12-21-13-11-19-15-21/h2-4,6-7,11,13,15-16H,5,8-10,12,14H2,1H3,(H,20,22). The number of benzene rings is 1. The van der Waals surface area contributed by atoms with Crippen molar-refractivity contribution in [2.24, 2.45) is 5.92 Å². The van der Waals surface area contributed by atoms with Crippen LogP contribution in [0.4, 0.5) is 0 Å². The summed E-state index contributed by atoms with van der Waals surface area (Å²) in [5, 5.41) is 3.00. The van der Waals surface area contributed by atoms with E-state index in [0.29, 0.717) is 12.3 Å². The smallest absolute Gasteiger partial charge is 0.220 e. The summed E-state index contributed by atoms with van der Waals surface area (Å²) < 4.78 is 2.02. The molecule has 1 aromatic carbocycles. The molecule has 0 fully saturated rings. The summed E-state index contributed by atoms with van der Waals surface area (Å²) in [4.78, 5) is 15.9. The van der Waals surface area contributed by atoms with Crippen LogP contribution in [-0.4, -0.2) is 22.0 Å². The molecule has 4 nitrogen and oxygen atoms in total. The average molecular weight is 299 g/mol. The molecule has 4 heteroatoms. The van der Waals surface area contributed by atoms with Crippen LogP contribution in [0.15, 0.2) is 49.1 Å². The molecule has 0 saturated carbocycles. The van der Waals surface area contributed by atoms with Gasteiger partial charge in [0.05, 0.1) is 6.33 Å². The Labute approximate surface area is 132 Å². The van der Waals surface area contributed by atoms with Crippen molar-refractivity contribution < 1.29 is 4.79 Å². The molecule has 22 heavy (non-hydrogen) atoms. The predicted molar refractivity (Wildman–Crippen MR) is 88.4 cm³/mol. The highest BCUT2D eigenvalue weighted by atomic mass is 16.1. The Morgan fingerprint density at radius 1 is 1.32 bits per heavy atom. The van der Waals surface area contributed by atoms with E-state index < -0.39 is 0 Å². The van der Waals surface area contributed by atoms with E-state index in [1.165, 1.54) is 5.56 Å². The monoisotopic (exact) mass is 299 g/mol. The maximum atomic E-state index is 11.9. The molecule has 0 spiro atoms. The van der Waals surface area contributed by atoms with Crippen LogP contribution in [0.3, 0.4) is 0 Å². The number of nitrogens with zero attached hydrogens (tertiary/aromatic N) is 2. The molecule has 1 heterocycles. The minimum Gasteiger partial charge on any atom is -0.356 e. The van der Waals surface area contributed by atoms with Gasteiger partial charge in [0.2, 0.25) is 5.91 Å². The van der Waals surface area contributed by atoms with Crippen molar-refractivity contribution in [3.8, 4) is 0 Å². The Kier molecular flexibility index (Phi) is 6.68. The van der Waals surface area contributed by atoms with E-state index >= 15 is 0 Å². The van der Waals surface area contributed by atoms with E-state index in [2.05, 4.69) is 41.5 Å². The highest BCUT2D eigenvalue weighted by molar-refractivity contribution is 5.76. The molecule has 1 amide bonds. The Morgan fingerprint density at radius 3 is 2.86 bits per heavy atom. The number of aryl methyl sites for hydroxylation is 2. The van der Waals surface area contributed by atoms with Crippen LogP contribution in [0.25, 0.3) is 0 Å². The number of amides is 1. The fourth-order valence-electron chi connectivity index (χ4n) is 2.46. The van der Waals surface area contributed by atoms with Gasteiger partial charge < -0.3 is 9.88 Å². The first-order valence-corrected chi connectivity index (χ1v) is 8.00. The second kappa shape index (κ2) is 9.03. The Morgan fingerprint density at radius 2 is 2.14 bits per heavy atom. The fraction of sp³-hybridized carbons (Fsp3) is 0.444. The van der Waals surface area contributed by atoms with Crippen molar-refractivity contribution in [2.45, 2.75) is 39.2 Å². The molecule has 0 aliphatic rings. The molecule has 1 atom stereocenters. The van der Waals surface area contributed by atoms with E-state index in [0.717, 1.165) is 32.4 Å². The lowest BCUT2D eigenvalue weighted by Gasteiger charge is -2.12. The maximum Gasteiger partial charge on any atom is 0.220 e. The van der Waals surface area contributed by atoms with Crippen molar-refractivity contribution in [3.05, 3.63) is 54.6 Å². The number of imidazole rings is 1. The second-order valence-electron chi connectivity index (χ2n) is 5.84. The largest absolute Gasteiger partial charge is 0.356 e. The number of aromatic nitrogens is 2. The topological polar surface area (TPSA) is 46.9 Å². The number of carbonyl (C=O) groups is 1. The zero-order valence-corrected chi connectivity index (χ0v) is 13.2. The van der Waals surface area contributed by atoms with E-state index in [1.54, 1.807) is 12.5 Å². The second-order valence-corrected chi connectivity index (χ2v) is 5.84. The van der Waals surface area contributed by atoms with Crippen LogP contribution in [-0.2, 0) is 17.8 Å². The fourth-order valence-corrected chi connectivity index (χ4v) is 2.46. The van der Waals surface area contributed by atoms with Crippen molar-refractivity contribution in [1.82, 2.24) is 14.9 Å². The molecule has 1 aromatic heterocycles. The summed E-state index contributed by atoms with van der Waals surface area (Å²) >= 11 is 0. The molecular weight excluding hydrogens is 274 g/mol. The van der Waals surface area contributed by atoms with Crippen LogP contribution in [0.5, 0.6) is 0 Å². The molecule has 0 bridgehead atoms. The van der Waals surface area contributed by atoms with E-state index in [9.17, 15) is 4.79 Å². The molecule has 0 aliphatic carbocycles. The highest BCUT2D eigenvalue weighted by Crippen LogP contribution is 2.12. The van der Waals surface area contributed by atoms with Crippen molar-refractivity contribution in [2.75, 3.05) is 6.54 Å². The van der Waals surface area contributed by atoms with Gasteiger partial charge in [-0.15, -0.1) is 0 Å². The summed E-state index contributed by atoms with van der Waals surface area (Å²) in [6.07, 6.45) is 9.13. The minimum absolute atomic E-state index is 0.159. The van der Waals surface area contributed by atoms with Gasteiger partial charge in [-0.25, -0.2) is 4.98 Å². The van der Waals surface area contributed by atoms with Gasteiger partial charge in [-0.1, -0.05) is 37.3 Å². The van der Waals surface area contributed by atoms with Crippen molar-refractivity contribution in [3.63, 3.8) is 0 Å².